The third-order valence-electron chi connectivity index (χ3n) is 2.94. The molecule has 7 nitrogen and oxygen atoms in total. The molecule has 0 fully saturated rings. The molecular formula is C16H25NO6. The SMILES string of the molecule is C=CC(=O)OCC(C)(C)C(O)C(=O)NCCCOC(=O)C(=C)C. The Labute approximate surface area is 136 Å². The number of esters is 2. The van der Waals surface area contributed by atoms with Gasteiger partial charge in [-0.2, -0.15) is 0 Å². The maximum Gasteiger partial charge on any atom is 0.333 e. The van der Waals surface area contributed by atoms with E-state index in [0.29, 0.717) is 12.0 Å². The van der Waals surface area contributed by atoms with E-state index >= 15 is 0 Å². The molecule has 23 heavy (non-hydrogen) atoms. The first-order chi connectivity index (χ1) is 10.6. The summed E-state index contributed by atoms with van der Waals surface area (Å²) in [4.78, 5) is 34.0. The maximum absolute atomic E-state index is 11.9. The first kappa shape index (κ1) is 20.9. The number of amides is 1. The Morgan fingerprint density at radius 1 is 1.30 bits per heavy atom. The molecule has 1 unspecified atom stereocenters. The number of aliphatic hydroxyl groups is 1. The molecule has 7 heteroatoms. The third-order valence-corrected chi connectivity index (χ3v) is 2.94. The number of carbonyl (C=O) groups is 3. The molecule has 1 atom stereocenters. The minimum atomic E-state index is -1.35. The van der Waals surface area contributed by atoms with Gasteiger partial charge >= 0.3 is 11.9 Å². The summed E-state index contributed by atoms with van der Waals surface area (Å²) in [7, 11) is 0. The van der Waals surface area contributed by atoms with Gasteiger partial charge in [0.2, 0.25) is 5.91 Å². The molecule has 0 aliphatic heterocycles. The van der Waals surface area contributed by atoms with E-state index in [0.717, 1.165) is 6.08 Å². The summed E-state index contributed by atoms with van der Waals surface area (Å²) in [6.45, 7) is 11.7. The minimum absolute atomic E-state index is 0.122. The molecule has 0 rings (SSSR count). The quantitative estimate of drug-likeness (QED) is 0.348. The van der Waals surface area contributed by atoms with Crippen LogP contribution in [0.1, 0.15) is 27.2 Å². The highest BCUT2D eigenvalue weighted by Crippen LogP contribution is 2.21. The third kappa shape index (κ3) is 8.15. The standard InChI is InChI=1S/C16H25NO6/c1-6-12(18)23-10-16(4,5)13(19)14(20)17-8-7-9-22-15(21)11(2)3/h6,13,19H,1-2,7-10H2,3-5H3,(H,17,20). The van der Waals surface area contributed by atoms with Gasteiger partial charge < -0.3 is 19.9 Å². The molecule has 0 bridgehead atoms. The molecule has 0 heterocycles. The Bertz CT molecular complexity index is 469. The van der Waals surface area contributed by atoms with Crippen molar-refractivity contribution in [2.75, 3.05) is 19.8 Å². The monoisotopic (exact) mass is 327 g/mol. The highest BCUT2D eigenvalue weighted by Gasteiger charge is 2.34. The zero-order valence-electron chi connectivity index (χ0n) is 13.9. The van der Waals surface area contributed by atoms with Crippen LogP contribution in [0.2, 0.25) is 0 Å². The molecule has 2 N–H and O–H groups in total. The fourth-order valence-corrected chi connectivity index (χ4v) is 1.42. The lowest BCUT2D eigenvalue weighted by molar-refractivity contribution is -0.149. The van der Waals surface area contributed by atoms with E-state index in [-0.39, 0.29) is 19.8 Å². The Hall–Kier alpha value is -2.15. The number of nitrogens with one attached hydrogen (secondary N) is 1. The van der Waals surface area contributed by atoms with Crippen LogP contribution in [0, 0.1) is 5.41 Å². The van der Waals surface area contributed by atoms with Crippen LogP contribution < -0.4 is 5.32 Å². The van der Waals surface area contributed by atoms with Crippen LogP contribution in [0.15, 0.2) is 24.8 Å². The van der Waals surface area contributed by atoms with Gasteiger partial charge in [-0.25, -0.2) is 9.59 Å². The molecule has 0 aromatic carbocycles. The van der Waals surface area contributed by atoms with Crippen molar-refractivity contribution >= 4 is 17.8 Å². The van der Waals surface area contributed by atoms with E-state index in [4.69, 9.17) is 9.47 Å². The maximum atomic E-state index is 11.9. The molecule has 0 aliphatic rings. The van der Waals surface area contributed by atoms with E-state index in [1.165, 1.54) is 0 Å². The molecule has 0 radical (unpaired) electrons. The number of hydrogen-bond donors (Lipinski definition) is 2. The summed E-state index contributed by atoms with van der Waals surface area (Å²) >= 11 is 0. The van der Waals surface area contributed by atoms with Crippen molar-refractivity contribution in [3.8, 4) is 0 Å². The lowest BCUT2D eigenvalue weighted by Crippen LogP contribution is -2.46. The average molecular weight is 327 g/mol. The Kier molecular flexibility index (Phi) is 8.87. The van der Waals surface area contributed by atoms with Crippen molar-refractivity contribution in [3.63, 3.8) is 0 Å². The van der Waals surface area contributed by atoms with Gasteiger partial charge in [-0.15, -0.1) is 0 Å². The molecule has 0 aromatic rings. The van der Waals surface area contributed by atoms with Crippen molar-refractivity contribution < 1.29 is 29.0 Å². The lowest BCUT2D eigenvalue weighted by atomic mass is 9.87. The largest absolute Gasteiger partial charge is 0.462 e. The zero-order chi connectivity index (χ0) is 18.0. The number of rotatable bonds is 10. The van der Waals surface area contributed by atoms with Crippen molar-refractivity contribution in [3.05, 3.63) is 24.8 Å². The van der Waals surface area contributed by atoms with E-state index in [1.807, 2.05) is 0 Å². The van der Waals surface area contributed by atoms with Crippen LogP contribution in [0.5, 0.6) is 0 Å². The summed E-state index contributed by atoms with van der Waals surface area (Å²) in [5.74, 6) is -1.69. The molecule has 0 spiro atoms. The van der Waals surface area contributed by atoms with Gasteiger partial charge in [-0.3, -0.25) is 4.79 Å². The first-order valence-corrected chi connectivity index (χ1v) is 7.19. The molecular weight excluding hydrogens is 302 g/mol. The second kappa shape index (κ2) is 9.78. The van der Waals surface area contributed by atoms with Gasteiger partial charge in [-0.05, 0) is 13.3 Å². The van der Waals surface area contributed by atoms with E-state index in [2.05, 4.69) is 18.5 Å². The van der Waals surface area contributed by atoms with E-state index in [9.17, 15) is 19.5 Å². The van der Waals surface area contributed by atoms with Crippen LogP contribution in [-0.4, -0.2) is 48.8 Å². The number of ether oxygens (including phenoxy) is 2. The Morgan fingerprint density at radius 3 is 2.43 bits per heavy atom. The zero-order valence-corrected chi connectivity index (χ0v) is 13.9. The van der Waals surface area contributed by atoms with Gasteiger partial charge in [-0.1, -0.05) is 27.0 Å². The van der Waals surface area contributed by atoms with Crippen LogP contribution in [-0.2, 0) is 23.9 Å². The number of aliphatic hydroxyl groups excluding tert-OH is 1. The normalized spacial score (nSPS) is 12.0. The predicted molar refractivity (Wildman–Crippen MR) is 84.3 cm³/mol. The molecule has 0 saturated heterocycles. The van der Waals surface area contributed by atoms with Crippen molar-refractivity contribution in [1.82, 2.24) is 5.32 Å². The molecule has 130 valence electrons. The summed E-state index contributed by atoms with van der Waals surface area (Å²) in [6.07, 6.45) is 0.0658. The predicted octanol–water partition coefficient (Wildman–Crippen LogP) is 0.728. The number of hydrogen-bond acceptors (Lipinski definition) is 6. The van der Waals surface area contributed by atoms with Gasteiger partial charge in [0.1, 0.15) is 6.10 Å². The topological polar surface area (TPSA) is 102 Å². The molecule has 1 amide bonds. The van der Waals surface area contributed by atoms with E-state index in [1.54, 1.807) is 20.8 Å². The summed E-state index contributed by atoms with van der Waals surface area (Å²) in [5, 5.41) is 12.6. The Balaban J connectivity index is 4.13. The van der Waals surface area contributed by atoms with Gasteiger partial charge in [0.15, 0.2) is 0 Å². The molecule has 0 aromatic heterocycles. The first-order valence-electron chi connectivity index (χ1n) is 7.19. The average Bonchev–Trinajstić information content (AvgIpc) is 2.50. The smallest absolute Gasteiger partial charge is 0.333 e. The fourth-order valence-electron chi connectivity index (χ4n) is 1.42. The van der Waals surface area contributed by atoms with Crippen LogP contribution in [0.25, 0.3) is 0 Å². The lowest BCUT2D eigenvalue weighted by Gasteiger charge is -2.28. The summed E-state index contributed by atoms with van der Waals surface area (Å²) in [6, 6.07) is 0. The highest BCUT2D eigenvalue weighted by molar-refractivity contribution is 5.86. The van der Waals surface area contributed by atoms with Gasteiger partial charge in [0.05, 0.1) is 13.2 Å². The van der Waals surface area contributed by atoms with Crippen molar-refractivity contribution in [2.24, 2.45) is 5.41 Å². The highest BCUT2D eigenvalue weighted by atomic mass is 16.5. The van der Waals surface area contributed by atoms with Crippen molar-refractivity contribution in [1.29, 1.82) is 0 Å². The van der Waals surface area contributed by atoms with E-state index < -0.39 is 29.4 Å². The van der Waals surface area contributed by atoms with Crippen LogP contribution >= 0.6 is 0 Å². The Morgan fingerprint density at radius 2 is 1.91 bits per heavy atom. The summed E-state index contributed by atoms with van der Waals surface area (Å²) < 4.78 is 9.73. The van der Waals surface area contributed by atoms with Crippen LogP contribution in [0.3, 0.4) is 0 Å². The second-order valence-electron chi connectivity index (χ2n) is 5.76. The molecule has 0 aliphatic carbocycles. The van der Waals surface area contributed by atoms with Crippen molar-refractivity contribution in [2.45, 2.75) is 33.3 Å². The summed E-state index contributed by atoms with van der Waals surface area (Å²) in [5.41, 5.74) is -0.643. The fraction of sp³-hybridized carbons (Fsp3) is 0.562. The number of carbonyl (C=O) groups excluding carboxylic acids is 3. The molecule has 0 saturated carbocycles. The van der Waals surface area contributed by atoms with Crippen LogP contribution in [0.4, 0.5) is 0 Å². The second-order valence-corrected chi connectivity index (χ2v) is 5.76. The minimum Gasteiger partial charge on any atom is -0.462 e. The van der Waals surface area contributed by atoms with Gasteiger partial charge in [0, 0.05) is 23.6 Å². The van der Waals surface area contributed by atoms with Gasteiger partial charge in [0.25, 0.3) is 0 Å².